The second kappa shape index (κ2) is 8.19. The third-order valence-electron chi connectivity index (χ3n) is 6.71. The number of methoxy groups -OCH3 is 2. The number of phenols is 1. The number of para-hydroxylation sites is 1. The van der Waals surface area contributed by atoms with Crippen LogP contribution in [0.1, 0.15) is 54.1 Å². The molecule has 2 aromatic carbocycles. The molecule has 6 nitrogen and oxygen atoms in total. The van der Waals surface area contributed by atoms with Crippen LogP contribution in [0.5, 0.6) is 17.2 Å². The van der Waals surface area contributed by atoms with Crippen LogP contribution < -0.4 is 9.47 Å². The predicted molar refractivity (Wildman–Crippen MR) is 113 cm³/mol. The van der Waals surface area contributed by atoms with Crippen molar-refractivity contribution in [2.75, 3.05) is 20.8 Å². The molecule has 4 rings (SSSR count). The molecule has 2 fully saturated rings. The minimum absolute atomic E-state index is 0.0542. The minimum atomic E-state index is -0.786. The fourth-order valence-electron chi connectivity index (χ4n) is 5.18. The van der Waals surface area contributed by atoms with Crippen LogP contribution in [-0.2, 0) is 0 Å². The van der Waals surface area contributed by atoms with Crippen LogP contribution in [0.3, 0.4) is 0 Å². The van der Waals surface area contributed by atoms with Gasteiger partial charge in [0.2, 0.25) is 0 Å². The van der Waals surface area contributed by atoms with Gasteiger partial charge < -0.3 is 24.6 Å². The van der Waals surface area contributed by atoms with Crippen molar-refractivity contribution in [1.82, 2.24) is 4.90 Å². The number of aliphatic hydroxyl groups is 1. The van der Waals surface area contributed by atoms with E-state index in [-0.39, 0.29) is 23.6 Å². The number of hydrogen-bond donors (Lipinski definition) is 2. The molecule has 0 unspecified atom stereocenters. The smallest absolute Gasteiger partial charge is 0.258 e. The number of likely N-dealkylation sites (tertiary alicyclic amines) is 1. The van der Waals surface area contributed by atoms with Crippen LogP contribution >= 0.6 is 0 Å². The first-order valence-corrected chi connectivity index (χ1v) is 10.5. The highest BCUT2D eigenvalue weighted by atomic mass is 16.5. The number of aromatic hydroxyl groups is 1. The first-order chi connectivity index (χ1) is 14.5. The zero-order chi connectivity index (χ0) is 21.3. The summed E-state index contributed by atoms with van der Waals surface area (Å²) in [7, 11) is 3.07. The first-order valence-electron chi connectivity index (χ1n) is 10.5. The van der Waals surface area contributed by atoms with Gasteiger partial charge in [-0.05, 0) is 49.1 Å². The Bertz CT molecular complexity index is 930. The molecule has 0 spiro atoms. The summed E-state index contributed by atoms with van der Waals surface area (Å²) in [5.41, 5.74) is 0.584. The van der Waals surface area contributed by atoms with Crippen LogP contribution in [0.2, 0.25) is 0 Å². The summed E-state index contributed by atoms with van der Waals surface area (Å²) in [4.78, 5) is 15.5. The van der Waals surface area contributed by atoms with Crippen molar-refractivity contribution < 1.29 is 24.5 Å². The normalized spacial score (nSPS) is 26.0. The van der Waals surface area contributed by atoms with Gasteiger partial charge in [-0.15, -0.1) is 0 Å². The maximum Gasteiger partial charge on any atom is 0.258 e. The maximum atomic E-state index is 13.6. The molecule has 1 saturated heterocycles. The van der Waals surface area contributed by atoms with Gasteiger partial charge in [-0.1, -0.05) is 31.0 Å². The van der Waals surface area contributed by atoms with E-state index in [2.05, 4.69) is 0 Å². The van der Waals surface area contributed by atoms with E-state index in [1.807, 2.05) is 23.1 Å². The lowest BCUT2D eigenvalue weighted by atomic mass is 9.66. The van der Waals surface area contributed by atoms with Crippen LogP contribution in [-0.4, -0.2) is 47.4 Å². The van der Waals surface area contributed by atoms with Crippen molar-refractivity contribution in [3.8, 4) is 17.2 Å². The number of carbonyl (C=O) groups is 1. The van der Waals surface area contributed by atoms with E-state index >= 15 is 0 Å². The van der Waals surface area contributed by atoms with Gasteiger partial charge in [-0.25, -0.2) is 0 Å². The lowest BCUT2D eigenvalue weighted by molar-refractivity contribution is -0.115. The zero-order valence-electron chi connectivity index (χ0n) is 17.5. The summed E-state index contributed by atoms with van der Waals surface area (Å²) in [5, 5.41) is 21.5. The van der Waals surface area contributed by atoms with Gasteiger partial charge in [0, 0.05) is 12.5 Å². The van der Waals surface area contributed by atoms with Crippen LogP contribution in [0.4, 0.5) is 0 Å². The Morgan fingerprint density at radius 1 is 1.07 bits per heavy atom. The molecule has 1 amide bonds. The fourth-order valence-corrected chi connectivity index (χ4v) is 5.18. The van der Waals surface area contributed by atoms with Gasteiger partial charge in [-0.3, -0.25) is 4.79 Å². The third-order valence-corrected chi connectivity index (χ3v) is 6.71. The molecular weight excluding hydrogens is 382 g/mol. The zero-order valence-corrected chi connectivity index (χ0v) is 17.5. The van der Waals surface area contributed by atoms with Crippen molar-refractivity contribution >= 4 is 5.91 Å². The van der Waals surface area contributed by atoms with Crippen LogP contribution in [0.15, 0.2) is 42.5 Å². The summed E-state index contributed by atoms with van der Waals surface area (Å²) >= 11 is 0. The number of hydrogen-bond acceptors (Lipinski definition) is 5. The topological polar surface area (TPSA) is 79.2 Å². The number of piperidine rings is 1. The van der Waals surface area contributed by atoms with Gasteiger partial charge in [0.25, 0.3) is 5.91 Å². The number of amides is 1. The number of carbonyl (C=O) groups excluding carboxylic acids is 1. The Kier molecular flexibility index (Phi) is 5.60. The summed E-state index contributed by atoms with van der Waals surface area (Å²) in [5.74, 6) is 0.764. The number of fused-ring (bicyclic) bond motifs is 1. The fraction of sp³-hybridized carbons (Fsp3) is 0.458. The third kappa shape index (κ3) is 3.49. The Morgan fingerprint density at radius 2 is 1.83 bits per heavy atom. The Hall–Kier alpha value is -2.73. The van der Waals surface area contributed by atoms with Crippen molar-refractivity contribution in [3.63, 3.8) is 0 Å². The second-order valence-electron chi connectivity index (χ2n) is 8.28. The van der Waals surface area contributed by atoms with Crippen molar-refractivity contribution in [2.24, 2.45) is 5.92 Å². The molecule has 2 aliphatic rings. The van der Waals surface area contributed by atoms with E-state index in [1.165, 1.54) is 7.11 Å². The molecule has 1 aliphatic heterocycles. The van der Waals surface area contributed by atoms with Crippen molar-refractivity contribution in [3.05, 3.63) is 53.6 Å². The average molecular weight is 411 g/mol. The lowest BCUT2D eigenvalue weighted by Gasteiger charge is -2.52. The Labute approximate surface area is 177 Å². The highest BCUT2D eigenvalue weighted by Crippen LogP contribution is 2.50. The predicted octanol–water partition coefficient (Wildman–Crippen LogP) is 3.92. The molecule has 6 heteroatoms. The molecule has 0 aromatic heterocycles. The molecular formula is C24H29NO5. The molecule has 160 valence electrons. The molecule has 3 atom stereocenters. The Morgan fingerprint density at radius 3 is 2.60 bits per heavy atom. The SMILES string of the molecule is COc1cc([C@@H]2[C@@H]3CCCC[C@]3(O)CCN2C(=O)c2ccccc2OC)ccc1O. The summed E-state index contributed by atoms with van der Waals surface area (Å²) in [6.45, 7) is 0.456. The van der Waals surface area contributed by atoms with E-state index in [0.29, 0.717) is 30.0 Å². The van der Waals surface area contributed by atoms with E-state index in [1.54, 1.807) is 31.4 Å². The van der Waals surface area contributed by atoms with Crippen molar-refractivity contribution in [1.29, 1.82) is 0 Å². The summed E-state index contributed by atoms with van der Waals surface area (Å²) in [6, 6.07) is 12.1. The molecule has 30 heavy (non-hydrogen) atoms. The van der Waals surface area contributed by atoms with E-state index in [9.17, 15) is 15.0 Å². The maximum absolute atomic E-state index is 13.6. The number of nitrogens with zero attached hydrogens (tertiary/aromatic N) is 1. The van der Waals surface area contributed by atoms with Gasteiger partial charge in [0.1, 0.15) is 5.75 Å². The standard InChI is InChI=1S/C24H29NO5/c1-29-20-9-4-3-7-17(20)23(27)25-14-13-24(28)12-6-5-8-18(24)22(25)16-10-11-19(26)21(15-16)30-2/h3-4,7,9-11,15,18,22,26,28H,5-6,8,12-14H2,1-2H3/t18-,22+,24-/m0/s1. The number of rotatable bonds is 4. The number of benzene rings is 2. The van der Waals surface area contributed by atoms with Gasteiger partial charge in [-0.2, -0.15) is 0 Å². The molecule has 1 saturated carbocycles. The number of phenolic OH excluding ortho intramolecular Hbond substituents is 1. The summed E-state index contributed by atoms with van der Waals surface area (Å²) < 4.78 is 10.7. The van der Waals surface area contributed by atoms with Crippen LogP contribution in [0, 0.1) is 5.92 Å². The monoisotopic (exact) mass is 411 g/mol. The van der Waals surface area contributed by atoms with Crippen molar-refractivity contribution in [2.45, 2.75) is 43.7 Å². The highest BCUT2D eigenvalue weighted by molar-refractivity contribution is 5.97. The van der Waals surface area contributed by atoms with E-state index in [4.69, 9.17) is 9.47 Å². The first kappa shape index (κ1) is 20.5. The molecule has 2 aromatic rings. The quantitative estimate of drug-likeness (QED) is 0.797. The second-order valence-corrected chi connectivity index (χ2v) is 8.28. The largest absolute Gasteiger partial charge is 0.504 e. The molecule has 0 radical (unpaired) electrons. The summed E-state index contributed by atoms with van der Waals surface area (Å²) in [6.07, 6.45) is 4.18. The molecule has 2 N–H and O–H groups in total. The van der Waals surface area contributed by atoms with Gasteiger partial charge in [0.05, 0.1) is 31.4 Å². The highest BCUT2D eigenvalue weighted by Gasteiger charge is 2.50. The molecule has 1 aliphatic carbocycles. The molecule has 1 heterocycles. The lowest BCUT2D eigenvalue weighted by Crippen LogP contribution is -2.56. The average Bonchev–Trinajstić information content (AvgIpc) is 2.78. The molecule has 0 bridgehead atoms. The van der Waals surface area contributed by atoms with E-state index in [0.717, 1.165) is 31.2 Å². The van der Waals surface area contributed by atoms with Gasteiger partial charge in [0.15, 0.2) is 11.5 Å². The Balaban J connectivity index is 1.79. The van der Waals surface area contributed by atoms with Crippen LogP contribution in [0.25, 0.3) is 0 Å². The van der Waals surface area contributed by atoms with E-state index < -0.39 is 5.60 Å². The minimum Gasteiger partial charge on any atom is -0.504 e. The number of ether oxygens (including phenoxy) is 2. The van der Waals surface area contributed by atoms with Gasteiger partial charge >= 0.3 is 0 Å².